The number of esters is 2. The van der Waals surface area contributed by atoms with E-state index < -0.39 is 23.1 Å². The van der Waals surface area contributed by atoms with Crippen molar-refractivity contribution < 1.29 is 19.1 Å². The molecule has 1 aromatic carbocycles. The fourth-order valence-corrected chi connectivity index (χ4v) is 3.34. The van der Waals surface area contributed by atoms with Crippen LogP contribution in [0.5, 0.6) is 0 Å². The second-order valence-corrected chi connectivity index (χ2v) is 8.32. The van der Waals surface area contributed by atoms with Crippen molar-refractivity contribution in [1.29, 1.82) is 0 Å². The molecule has 0 atom stereocenters. The van der Waals surface area contributed by atoms with Crippen LogP contribution in [0.3, 0.4) is 0 Å². The Morgan fingerprint density at radius 3 is 1.88 bits per heavy atom. The summed E-state index contributed by atoms with van der Waals surface area (Å²) in [4.78, 5) is 25.4. The summed E-state index contributed by atoms with van der Waals surface area (Å²) < 4.78 is 11.8. The lowest BCUT2D eigenvalue weighted by Gasteiger charge is -2.27. The van der Waals surface area contributed by atoms with Crippen LogP contribution in [0, 0.1) is 0 Å². The summed E-state index contributed by atoms with van der Waals surface area (Å²) in [5.74, 6) is -1.04. The van der Waals surface area contributed by atoms with Gasteiger partial charge in [0.2, 0.25) is 0 Å². The molecule has 0 bridgehead atoms. The highest BCUT2D eigenvalue weighted by Gasteiger charge is 2.30. The van der Waals surface area contributed by atoms with E-state index in [1.807, 2.05) is 41.5 Å². The molecule has 0 fully saturated rings. The highest BCUT2D eigenvalue weighted by Crippen LogP contribution is 2.28. The van der Waals surface area contributed by atoms with Gasteiger partial charge in [0.1, 0.15) is 11.2 Å². The van der Waals surface area contributed by atoms with E-state index in [9.17, 15) is 9.59 Å². The number of halogens is 1. The van der Waals surface area contributed by atoms with Gasteiger partial charge < -0.3 is 9.47 Å². The maximum absolute atomic E-state index is 12.7. The number of rotatable bonds is 8. The zero-order valence-corrected chi connectivity index (χ0v) is 17.7. The maximum atomic E-state index is 12.7. The van der Waals surface area contributed by atoms with Crippen molar-refractivity contribution in [1.82, 2.24) is 0 Å². The SMILES string of the molecule is CCCC(C)(C)OC(=O)c1cccc(Br)c1C(=O)OC(C)(C)CCC. The van der Waals surface area contributed by atoms with Crippen molar-refractivity contribution in [2.24, 2.45) is 0 Å². The summed E-state index contributed by atoms with van der Waals surface area (Å²) in [6.45, 7) is 11.5. The predicted octanol–water partition coefficient (Wildman–Crippen LogP) is 5.92. The molecule has 25 heavy (non-hydrogen) atoms. The van der Waals surface area contributed by atoms with Crippen LogP contribution in [0.4, 0.5) is 0 Å². The van der Waals surface area contributed by atoms with Gasteiger partial charge in [0.05, 0.1) is 11.1 Å². The third-order valence-corrected chi connectivity index (χ3v) is 4.54. The Labute approximate surface area is 159 Å². The highest BCUT2D eigenvalue weighted by atomic mass is 79.9. The van der Waals surface area contributed by atoms with E-state index in [1.165, 1.54) is 0 Å². The third kappa shape index (κ3) is 6.46. The van der Waals surface area contributed by atoms with Crippen molar-refractivity contribution in [3.63, 3.8) is 0 Å². The highest BCUT2D eigenvalue weighted by molar-refractivity contribution is 9.10. The molecular weight excluding hydrogens is 384 g/mol. The Morgan fingerprint density at radius 1 is 0.920 bits per heavy atom. The Kier molecular flexibility index (Phi) is 7.66. The van der Waals surface area contributed by atoms with Crippen LogP contribution in [-0.2, 0) is 9.47 Å². The molecule has 1 rings (SSSR count). The van der Waals surface area contributed by atoms with Gasteiger partial charge in [-0.3, -0.25) is 0 Å². The van der Waals surface area contributed by atoms with E-state index in [-0.39, 0.29) is 11.1 Å². The Balaban J connectivity index is 3.13. The fourth-order valence-electron chi connectivity index (χ4n) is 2.82. The molecule has 0 radical (unpaired) electrons. The van der Waals surface area contributed by atoms with Gasteiger partial charge in [-0.05, 0) is 68.6 Å². The Bertz CT molecular complexity index is 620. The van der Waals surface area contributed by atoms with Crippen LogP contribution in [0.25, 0.3) is 0 Å². The smallest absolute Gasteiger partial charge is 0.340 e. The number of benzene rings is 1. The lowest BCUT2D eigenvalue weighted by molar-refractivity contribution is -0.00963. The van der Waals surface area contributed by atoms with Gasteiger partial charge in [-0.15, -0.1) is 0 Å². The molecule has 0 spiro atoms. The predicted molar refractivity (Wildman–Crippen MR) is 103 cm³/mol. The third-order valence-electron chi connectivity index (χ3n) is 3.88. The molecule has 140 valence electrons. The summed E-state index contributed by atoms with van der Waals surface area (Å²) in [5, 5.41) is 0. The summed E-state index contributed by atoms with van der Waals surface area (Å²) in [6.07, 6.45) is 3.29. The first-order chi connectivity index (χ1) is 11.5. The average molecular weight is 413 g/mol. The zero-order chi connectivity index (χ0) is 19.3. The molecule has 4 nitrogen and oxygen atoms in total. The summed E-state index contributed by atoms with van der Waals surface area (Å²) in [6, 6.07) is 5.03. The molecule has 0 saturated heterocycles. The van der Waals surface area contributed by atoms with Gasteiger partial charge in [0.15, 0.2) is 0 Å². The van der Waals surface area contributed by atoms with Crippen LogP contribution in [0.15, 0.2) is 22.7 Å². The van der Waals surface area contributed by atoms with Gasteiger partial charge >= 0.3 is 11.9 Å². The van der Waals surface area contributed by atoms with Crippen molar-refractivity contribution in [2.45, 2.75) is 78.4 Å². The van der Waals surface area contributed by atoms with Crippen LogP contribution in [0.2, 0.25) is 0 Å². The molecular formula is C20H29BrO4. The molecule has 0 aliphatic carbocycles. The first-order valence-corrected chi connectivity index (χ1v) is 9.57. The monoisotopic (exact) mass is 412 g/mol. The normalized spacial score (nSPS) is 12.0. The lowest BCUT2D eigenvalue weighted by Crippen LogP contribution is -2.31. The largest absolute Gasteiger partial charge is 0.456 e. The van der Waals surface area contributed by atoms with E-state index >= 15 is 0 Å². The van der Waals surface area contributed by atoms with E-state index in [1.54, 1.807) is 18.2 Å². The number of carbonyl (C=O) groups excluding carboxylic acids is 2. The van der Waals surface area contributed by atoms with Gasteiger partial charge in [-0.2, -0.15) is 0 Å². The minimum atomic E-state index is -0.593. The van der Waals surface area contributed by atoms with Crippen LogP contribution in [0.1, 0.15) is 87.9 Å². The number of hydrogen-bond donors (Lipinski definition) is 0. The van der Waals surface area contributed by atoms with Crippen LogP contribution >= 0.6 is 15.9 Å². The van der Waals surface area contributed by atoms with Gasteiger partial charge in [0.25, 0.3) is 0 Å². The van der Waals surface area contributed by atoms with Gasteiger partial charge in [-0.1, -0.05) is 32.8 Å². The summed E-state index contributed by atoms with van der Waals surface area (Å²) in [5.41, 5.74) is -0.750. The first kappa shape index (κ1) is 21.7. The molecule has 0 saturated carbocycles. The van der Waals surface area contributed by atoms with E-state index in [0.29, 0.717) is 4.47 Å². The van der Waals surface area contributed by atoms with Crippen LogP contribution in [-0.4, -0.2) is 23.1 Å². The minimum Gasteiger partial charge on any atom is -0.456 e. The Hall–Kier alpha value is -1.36. The van der Waals surface area contributed by atoms with Gasteiger partial charge in [-0.25, -0.2) is 9.59 Å². The molecule has 1 aromatic rings. The number of ether oxygens (including phenoxy) is 2. The topological polar surface area (TPSA) is 52.6 Å². The molecule has 5 heteroatoms. The summed E-state index contributed by atoms with van der Waals surface area (Å²) in [7, 11) is 0. The second kappa shape index (κ2) is 8.84. The molecule has 0 amide bonds. The molecule has 0 unspecified atom stereocenters. The molecule has 0 heterocycles. The average Bonchev–Trinajstić information content (AvgIpc) is 2.45. The minimum absolute atomic E-state index is 0.212. The van der Waals surface area contributed by atoms with Crippen LogP contribution < -0.4 is 0 Å². The number of hydrogen-bond acceptors (Lipinski definition) is 4. The van der Waals surface area contributed by atoms with Crippen molar-refractivity contribution in [3.05, 3.63) is 33.8 Å². The van der Waals surface area contributed by atoms with E-state index in [0.717, 1.165) is 25.7 Å². The quantitative estimate of drug-likeness (QED) is 0.497. The molecule has 0 aliphatic rings. The molecule has 0 aromatic heterocycles. The van der Waals surface area contributed by atoms with E-state index in [4.69, 9.17) is 9.47 Å². The van der Waals surface area contributed by atoms with Crippen molar-refractivity contribution in [2.75, 3.05) is 0 Å². The standard InChI is InChI=1S/C20H29BrO4/c1-7-12-19(3,4)24-17(22)14-10-9-11-15(21)16(14)18(23)25-20(5,6)13-8-2/h9-11H,7-8,12-13H2,1-6H3. The molecule has 0 aliphatic heterocycles. The second-order valence-electron chi connectivity index (χ2n) is 7.46. The number of carbonyl (C=O) groups is 2. The zero-order valence-electron chi connectivity index (χ0n) is 16.1. The Morgan fingerprint density at radius 2 is 1.40 bits per heavy atom. The lowest BCUT2D eigenvalue weighted by atomic mass is 10.0. The first-order valence-electron chi connectivity index (χ1n) is 8.78. The molecule has 0 N–H and O–H groups in total. The van der Waals surface area contributed by atoms with Crippen molar-refractivity contribution in [3.8, 4) is 0 Å². The maximum Gasteiger partial charge on any atom is 0.340 e. The van der Waals surface area contributed by atoms with Gasteiger partial charge in [0, 0.05) is 4.47 Å². The van der Waals surface area contributed by atoms with E-state index in [2.05, 4.69) is 15.9 Å². The van der Waals surface area contributed by atoms with Crippen molar-refractivity contribution >= 4 is 27.9 Å². The summed E-state index contributed by atoms with van der Waals surface area (Å²) >= 11 is 3.36. The fraction of sp³-hybridized carbons (Fsp3) is 0.600.